The normalized spacial score (nSPS) is 9.94. The molecule has 4 heteroatoms. The molecular weight excluding hydrogens is 254 g/mol. The molecule has 86 valence electrons. The van der Waals surface area contributed by atoms with Crippen LogP contribution >= 0.6 is 23.4 Å². The van der Waals surface area contributed by atoms with Gasteiger partial charge in [0.2, 0.25) is 0 Å². The molecule has 1 amide bonds. The molecular formula is C13H10ClNOS. The second-order valence-electron chi connectivity index (χ2n) is 3.33. The van der Waals surface area contributed by atoms with E-state index in [9.17, 15) is 4.79 Å². The highest BCUT2D eigenvalue weighted by Crippen LogP contribution is 2.21. The van der Waals surface area contributed by atoms with E-state index in [2.05, 4.69) is 5.32 Å². The zero-order valence-electron chi connectivity index (χ0n) is 8.89. The summed E-state index contributed by atoms with van der Waals surface area (Å²) in [7, 11) is 0. The number of rotatable bonds is 2. The highest BCUT2D eigenvalue weighted by Gasteiger charge is 2.04. The zero-order chi connectivity index (χ0) is 12.1. The van der Waals surface area contributed by atoms with Crippen molar-refractivity contribution in [1.29, 1.82) is 0 Å². The van der Waals surface area contributed by atoms with E-state index in [4.69, 9.17) is 11.6 Å². The largest absolute Gasteiger partial charge is 0.317 e. The minimum Gasteiger partial charge on any atom is -0.317 e. The highest BCUT2D eigenvalue weighted by molar-refractivity contribution is 8.13. The number of halogens is 1. The van der Waals surface area contributed by atoms with Crippen LogP contribution in [0.2, 0.25) is 5.02 Å². The fourth-order valence-electron chi connectivity index (χ4n) is 1.27. The van der Waals surface area contributed by atoms with Crippen LogP contribution < -0.4 is 5.32 Å². The van der Waals surface area contributed by atoms with Crippen LogP contribution in [0.4, 0.5) is 10.5 Å². The van der Waals surface area contributed by atoms with Gasteiger partial charge < -0.3 is 5.32 Å². The van der Waals surface area contributed by atoms with E-state index in [0.29, 0.717) is 5.02 Å². The quantitative estimate of drug-likeness (QED) is 0.798. The second kappa shape index (κ2) is 5.75. The molecule has 0 aromatic heterocycles. The summed E-state index contributed by atoms with van der Waals surface area (Å²) in [4.78, 5) is 12.6. The van der Waals surface area contributed by atoms with E-state index in [-0.39, 0.29) is 5.24 Å². The van der Waals surface area contributed by atoms with Crippen LogP contribution in [0.15, 0.2) is 59.5 Å². The summed E-state index contributed by atoms with van der Waals surface area (Å²) in [5.74, 6) is 0. The van der Waals surface area contributed by atoms with Crippen molar-refractivity contribution in [2.75, 3.05) is 5.32 Å². The molecule has 0 radical (unpaired) electrons. The van der Waals surface area contributed by atoms with Crippen LogP contribution in [0.25, 0.3) is 0 Å². The lowest BCUT2D eigenvalue weighted by Crippen LogP contribution is -2.04. The molecule has 0 aliphatic heterocycles. The molecule has 0 aliphatic carbocycles. The number of hydrogen-bond acceptors (Lipinski definition) is 2. The Morgan fingerprint density at radius 2 is 1.65 bits per heavy atom. The topological polar surface area (TPSA) is 29.1 Å². The fraction of sp³-hybridized carbons (Fsp3) is 0. The molecule has 2 rings (SSSR count). The first kappa shape index (κ1) is 12.0. The fourth-order valence-corrected chi connectivity index (χ4v) is 2.07. The number of carbonyl (C=O) groups excluding carboxylic acids is 1. The average molecular weight is 264 g/mol. The van der Waals surface area contributed by atoms with Crippen molar-refractivity contribution in [3.63, 3.8) is 0 Å². The number of nitrogens with one attached hydrogen (secondary N) is 1. The highest BCUT2D eigenvalue weighted by atomic mass is 35.5. The van der Waals surface area contributed by atoms with Gasteiger partial charge in [-0.2, -0.15) is 0 Å². The molecule has 1 N–H and O–H groups in total. The third-order valence-corrected chi connectivity index (χ3v) is 3.09. The van der Waals surface area contributed by atoms with Gasteiger partial charge in [0.05, 0.1) is 0 Å². The average Bonchev–Trinajstić information content (AvgIpc) is 2.33. The van der Waals surface area contributed by atoms with Gasteiger partial charge in [-0.15, -0.1) is 0 Å². The summed E-state index contributed by atoms with van der Waals surface area (Å²) < 4.78 is 0. The number of carbonyl (C=O) groups is 1. The first-order chi connectivity index (χ1) is 8.24. The van der Waals surface area contributed by atoms with Gasteiger partial charge in [0.1, 0.15) is 0 Å². The number of anilines is 1. The van der Waals surface area contributed by atoms with Crippen LogP contribution in [0.1, 0.15) is 0 Å². The van der Waals surface area contributed by atoms with Crippen molar-refractivity contribution in [2.45, 2.75) is 4.90 Å². The summed E-state index contributed by atoms with van der Waals surface area (Å²) in [5.41, 5.74) is 0.739. The lowest BCUT2D eigenvalue weighted by molar-refractivity contribution is 0.270. The molecule has 0 bridgehead atoms. The maximum absolute atomic E-state index is 11.7. The maximum atomic E-state index is 11.7. The van der Waals surface area contributed by atoms with Crippen molar-refractivity contribution in [3.8, 4) is 0 Å². The van der Waals surface area contributed by atoms with Gasteiger partial charge in [0.25, 0.3) is 5.24 Å². The van der Waals surface area contributed by atoms with Gasteiger partial charge in [-0.3, -0.25) is 4.79 Å². The van der Waals surface area contributed by atoms with E-state index in [1.807, 2.05) is 30.3 Å². The van der Waals surface area contributed by atoms with E-state index in [0.717, 1.165) is 22.3 Å². The second-order valence-corrected chi connectivity index (χ2v) is 4.82. The van der Waals surface area contributed by atoms with Crippen LogP contribution in [0, 0.1) is 0 Å². The summed E-state index contributed by atoms with van der Waals surface area (Å²) >= 11 is 6.92. The van der Waals surface area contributed by atoms with Gasteiger partial charge in [-0.25, -0.2) is 0 Å². The number of hydrogen-bond donors (Lipinski definition) is 1. The van der Waals surface area contributed by atoms with Crippen molar-refractivity contribution < 1.29 is 4.79 Å². The monoisotopic (exact) mass is 263 g/mol. The molecule has 0 saturated carbocycles. The summed E-state index contributed by atoms with van der Waals surface area (Å²) in [6.07, 6.45) is 0. The summed E-state index contributed by atoms with van der Waals surface area (Å²) in [5, 5.41) is 3.32. The van der Waals surface area contributed by atoms with Gasteiger partial charge in [0, 0.05) is 15.6 Å². The minimum absolute atomic E-state index is 0.112. The molecule has 0 spiro atoms. The Bertz CT molecular complexity index is 499. The molecule has 0 unspecified atom stereocenters. The number of thioether (sulfide) groups is 1. The Balaban J connectivity index is 1.96. The first-order valence-electron chi connectivity index (χ1n) is 5.03. The maximum Gasteiger partial charge on any atom is 0.288 e. The Labute approximate surface area is 109 Å². The Hall–Kier alpha value is -1.45. The Kier molecular flexibility index (Phi) is 4.07. The van der Waals surface area contributed by atoms with E-state index in [1.54, 1.807) is 24.3 Å². The summed E-state index contributed by atoms with van der Waals surface area (Å²) in [6, 6.07) is 16.5. The summed E-state index contributed by atoms with van der Waals surface area (Å²) in [6.45, 7) is 0. The van der Waals surface area contributed by atoms with Crippen molar-refractivity contribution >= 4 is 34.3 Å². The van der Waals surface area contributed by atoms with E-state index >= 15 is 0 Å². The molecule has 2 nitrogen and oxygen atoms in total. The van der Waals surface area contributed by atoms with Crippen molar-refractivity contribution in [3.05, 3.63) is 59.6 Å². The third-order valence-electron chi connectivity index (χ3n) is 2.04. The molecule has 0 atom stereocenters. The predicted octanol–water partition coefficient (Wildman–Crippen LogP) is 4.66. The van der Waals surface area contributed by atoms with Crippen molar-refractivity contribution in [1.82, 2.24) is 0 Å². The smallest absolute Gasteiger partial charge is 0.288 e. The van der Waals surface area contributed by atoms with E-state index in [1.165, 1.54) is 0 Å². The van der Waals surface area contributed by atoms with Crippen LogP contribution in [0.5, 0.6) is 0 Å². The lowest BCUT2D eigenvalue weighted by Gasteiger charge is -2.04. The van der Waals surface area contributed by atoms with Crippen LogP contribution in [0.3, 0.4) is 0 Å². The van der Waals surface area contributed by atoms with E-state index < -0.39 is 0 Å². The number of amides is 1. The third kappa shape index (κ3) is 3.80. The Morgan fingerprint density at radius 3 is 2.29 bits per heavy atom. The van der Waals surface area contributed by atoms with Gasteiger partial charge in [0.15, 0.2) is 0 Å². The van der Waals surface area contributed by atoms with Crippen LogP contribution in [-0.4, -0.2) is 5.24 Å². The van der Waals surface area contributed by atoms with Crippen molar-refractivity contribution in [2.24, 2.45) is 0 Å². The van der Waals surface area contributed by atoms with Gasteiger partial charge in [-0.05, 0) is 48.2 Å². The Morgan fingerprint density at radius 1 is 1.00 bits per heavy atom. The molecule has 2 aromatic carbocycles. The molecule has 0 saturated heterocycles. The molecule has 0 aliphatic rings. The van der Waals surface area contributed by atoms with Crippen LogP contribution in [-0.2, 0) is 0 Å². The van der Waals surface area contributed by atoms with Gasteiger partial charge in [-0.1, -0.05) is 29.8 Å². The lowest BCUT2D eigenvalue weighted by atomic mass is 10.3. The standard InChI is InChI=1S/C13H10ClNOS/c14-10-6-8-11(9-7-10)15-13(16)17-12-4-2-1-3-5-12/h1-9H,(H,15,16). The molecule has 2 aromatic rings. The zero-order valence-corrected chi connectivity index (χ0v) is 10.5. The minimum atomic E-state index is -0.112. The molecule has 0 fully saturated rings. The van der Waals surface area contributed by atoms with Gasteiger partial charge >= 0.3 is 0 Å². The predicted molar refractivity (Wildman–Crippen MR) is 72.8 cm³/mol. The molecule has 17 heavy (non-hydrogen) atoms. The number of benzene rings is 2. The SMILES string of the molecule is O=C(Nc1ccc(Cl)cc1)Sc1ccccc1. The first-order valence-corrected chi connectivity index (χ1v) is 6.23. The molecule has 0 heterocycles.